The first-order chi connectivity index (χ1) is 12.2. The van der Waals surface area contributed by atoms with Crippen molar-refractivity contribution in [1.29, 1.82) is 0 Å². The number of nitrogens with zero attached hydrogens (tertiary/aromatic N) is 3. The van der Waals surface area contributed by atoms with Crippen LogP contribution < -0.4 is 0 Å². The van der Waals surface area contributed by atoms with E-state index in [1.54, 1.807) is 4.90 Å². The number of amides is 1. The largest absolute Gasteiger partial charge is 0.416 e. The summed E-state index contributed by atoms with van der Waals surface area (Å²) in [6, 6.07) is 6.68. The summed E-state index contributed by atoms with van der Waals surface area (Å²) in [4.78, 5) is 14.2. The fourth-order valence-corrected chi connectivity index (χ4v) is 3.43. The van der Waals surface area contributed by atoms with Crippen molar-refractivity contribution in [2.24, 2.45) is 5.92 Å². The van der Waals surface area contributed by atoms with Crippen LogP contribution in [0.5, 0.6) is 0 Å². The van der Waals surface area contributed by atoms with Crippen molar-refractivity contribution in [2.75, 3.05) is 13.1 Å². The summed E-state index contributed by atoms with van der Waals surface area (Å²) in [5.41, 5.74) is 1.41. The van der Waals surface area contributed by atoms with Gasteiger partial charge in [-0.15, -0.1) is 0 Å². The van der Waals surface area contributed by atoms with Crippen molar-refractivity contribution >= 4 is 5.91 Å². The van der Waals surface area contributed by atoms with Gasteiger partial charge in [0.2, 0.25) is 0 Å². The Morgan fingerprint density at radius 2 is 1.88 bits per heavy atom. The lowest BCUT2D eigenvalue weighted by molar-refractivity contribution is -0.137. The molecule has 1 saturated heterocycles. The number of halogens is 3. The van der Waals surface area contributed by atoms with E-state index in [1.165, 1.54) is 12.1 Å². The van der Waals surface area contributed by atoms with E-state index in [0.29, 0.717) is 19.0 Å². The number of hydrogen-bond acceptors (Lipinski definition) is 2. The number of piperidine rings is 1. The minimum atomic E-state index is -4.44. The third kappa shape index (κ3) is 4.08. The number of aromatic nitrogens is 2. The van der Waals surface area contributed by atoms with Crippen LogP contribution in [0.2, 0.25) is 0 Å². The van der Waals surface area contributed by atoms with Gasteiger partial charge in [0.1, 0.15) is 0 Å². The van der Waals surface area contributed by atoms with E-state index in [0.717, 1.165) is 42.9 Å². The Hall–Kier alpha value is -2.31. The van der Waals surface area contributed by atoms with Crippen LogP contribution in [0.15, 0.2) is 30.3 Å². The molecule has 1 aliphatic heterocycles. The second-order valence-corrected chi connectivity index (χ2v) is 6.92. The molecular formula is C19H22F3N3O. The lowest BCUT2D eigenvalue weighted by atomic mass is 9.96. The third-order valence-corrected chi connectivity index (χ3v) is 4.87. The topological polar surface area (TPSA) is 38.1 Å². The first kappa shape index (κ1) is 18.5. The van der Waals surface area contributed by atoms with Gasteiger partial charge in [0.15, 0.2) is 0 Å². The Bertz CT molecular complexity index is 790. The highest BCUT2D eigenvalue weighted by atomic mass is 19.4. The van der Waals surface area contributed by atoms with E-state index in [-0.39, 0.29) is 11.5 Å². The minimum Gasteiger partial charge on any atom is -0.339 e. The molecule has 0 N–H and O–H groups in total. The van der Waals surface area contributed by atoms with Crippen molar-refractivity contribution in [3.05, 3.63) is 52.8 Å². The van der Waals surface area contributed by atoms with Crippen LogP contribution in [0, 0.1) is 19.8 Å². The molecule has 3 rings (SSSR count). The second kappa shape index (κ2) is 7.13. The molecule has 1 aromatic heterocycles. The Kier molecular flexibility index (Phi) is 5.07. The summed E-state index contributed by atoms with van der Waals surface area (Å²) >= 11 is 0. The second-order valence-electron chi connectivity index (χ2n) is 6.92. The Morgan fingerprint density at radius 3 is 2.46 bits per heavy atom. The number of rotatable bonds is 3. The molecule has 140 valence electrons. The summed E-state index contributed by atoms with van der Waals surface area (Å²) < 4.78 is 40.5. The van der Waals surface area contributed by atoms with E-state index < -0.39 is 11.7 Å². The van der Waals surface area contributed by atoms with Gasteiger partial charge >= 0.3 is 6.18 Å². The molecule has 2 aromatic rings. The molecule has 0 aliphatic carbocycles. The van der Waals surface area contributed by atoms with Crippen molar-refractivity contribution in [3.8, 4) is 0 Å². The standard InChI is InChI=1S/C19H22F3N3O/c1-13-10-14(2)25(23-13)12-15-6-8-24(9-7-15)18(26)16-4-3-5-17(11-16)19(20,21)22/h3-5,10-11,15H,6-9,12H2,1-2H3. The lowest BCUT2D eigenvalue weighted by Gasteiger charge is -2.32. The van der Waals surface area contributed by atoms with Gasteiger partial charge in [-0.3, -0.25) is 9.48 Å². The molecule has 7 heteroatoms. The fraction of sp³-hybridized carbons (Fsp3) is 0.474. The van der Waals surface area contributed by atoms with Crippen LogP contribution in [-0.2, 0) is 12.7 Å². The average molecular weight is 365 g/mol. The molecule has 0 unspecified atom stereocenters. The fourth-order valence-electron chi connectivity index (χ4n) is 3.43. The smallest absolute Gasteiger partial charge is 0.339 e. The van der Waals surface area contributed by atoms with E-state index in [4.69, 9.17) is 0 Å². The van der Waals surface area contributed by atoms with Gasteiger partial charge < -0.3 is 4.90 Å². The van der Waals surface area contributed by atoms with Crippen LogP contribution in [0.1, 0.15) is 40.2 Å². The molecule has 0 saturated carbocycles. The van der Waals surface area contributed by atoms with Crippen LogP contribution in [0.4, 0.5) is 13.2 Å². The maximum absolute atomic E-state index is 12.8. The minimum absolute atomic E-state index is 0.0943. The van der Waals surface area contributed by atoms with Crippen molar-refractivity contribution in [2.45, 2.75) is 39.4 Å². The Morgan fingerprint density at radius 1 is 1.19 bits per heavy atom. The molecule has 1 aliphatic rings. The molecule has 2 heterocycles. The Balaban J connectivity index is 1.61. The molecule has 1 aromatic carbocycles. The number of aryl methyl sites for hydroxylation is 2. The zero-order valence-electron chi connectivity index (χ0n) is 14.9. The monoisotopic (exact) mass is 365 g/mol. The molecule has 1 fully saturated rings. The number of hydrogen-bond donors (Lipinski definition) is 0. The van der Waals surface area contributed by atoms with Gasteiger partial charge in [-0.05, 0) is 56.9 Å². The molecular weight excluding hydrogens is 343 g/mol. The highest BCUT2D eigenvalue weighted by molar-refractivity contribution is 5.94. The normalized spacial score (nSPS) is 16.1. The lowest BCUT2D eigenvalue weighted by Crippen LogP contribution is -2.39. The third-order valence-electron chi connectivity index (χ3n) is 4.87. The number of likely N-dealkylation sites (tertiary alicyclic amines) is 1. The van der Waals surface area contributed by atoms with Crippen LogP contribution >= 0.6 is 0 Å². The molecule has 1 amide bonds. The van der Waals surface area contributed by atoms with Gasteiger partial charge in [-0.2, -0.15) is 18.3 Å². The number of carbonyl (C=O) groups excluding carboxylic acids is 1. The number of benzene rings is 1. The van der Waals surface area contributed by atoms with E-state index >= 15 is 0 Å². The Labute approximate surface area is 150 Å². The van der Waals surface area contributed by atoms with Gasteiger partial charge in [-0.25, -0.2) is 0 Å². The van der Waals surface area contributed by atoms with Crippen LogP contribution in [-0.4, -0.2) is 33.7 Å². The predicted molar refractivity (Wildman–Crippen MR) is 91.8 cm³/mol. The summed E-state index contributed by atoms with van der Waals surface area (Å²) in [5.74, 6) is 0.0826. The first-order valence-electron chi connectivity index (χ1n) is 8.71. The maximum atomic E-state index is 12.8. The van der Waals surface area contributed by atoms with Gasteiger partial charge in [0.05, 0.1) is 11.3 Å². The highest BCUT2D eigenvalue weighted by Gasteiger charge is 2.32. The molecule has 26 heavy (non-hydrogen) atoms. The maximum Gasteiger partial charge on any atom is 0.416 e. The molecule has 0 radical (unpaired) electrons. The van der Waals surface area contributed by atoms with Crippen LogP contribution in [0.3, 0.4) is 0 Å². The van der Waals surface area contributed by atoms with E-state index in [9.17, 15) is 18.0 Å². The van der Waals surface area contributed by atoms with E-state index in [2.05, 4.69) is 5.10 Å². The molecule has 0 atom stereocenters. The highest BCUT2D eigenvalue weighted by Crippen LogP contribution is 2.30. The number of alkyl halides is 3. The van der Waals surface area contributed by atoms with Gasteiger partial charge in [0.25, 0.3) is 5.91 Å². The molecule has 4 nitrogen and oxygen atoms in total. The molecule has 0 spiro atoms. The molecule has 0 bridgehead atoms. The zero-order valence-corrected chi connectivity index (χ0v) is 14.9. The SMILES string of the molecule is Cc1cc(C)n(CC2CCN(C(=O)c3cccc(C(F)(F)F)c3)CC2)n1. The summed E-state index contributed by atoms with van der Waals surface area (Å²) in [5, 5.41) is 4.47. The van der Waals surface area contributed by atoms with Gasteiger partial charge in [0, 0.05) is 30.9 Å². The predicted octanol–water partition coefficient (Wildman–Crippen LogP) is 4.07. The number of carbonyl (C=O) groups is 1. The average Bonchev–Trinajstić information content (AvgIpc) is 2.91. The summed E-state index contributed by atoms with van der Waals surface area (Å²) in [6.07, 6.45) is -2.80. The quantitative estimate of drug-likeness (QED) is 0.822. The zero-order chi connectivity index (χ0) is 18.9. The van der Waals surface area contributed by atoms with E-state index in [1.807, 2.05) is 24.6 Å². The van der Waals surface area contributed by atoms with Crippen LogP contribution in [0.25, 0.3) is 0 Å². The van der Waals surface area contributed by atoms with Crippen molar-refractivity contribution in [3.63, 3.8) is 0 Å². The van der Waals surface area contributed by atoms with Crippen molar-refractivity contribution < 1.29 is 18.0 Å². The van der Waals surface area contributed by atoms with Crippen molar-refractivity contribution in [1.82, 2.24) is 14.7 Å². The van der Waals surface area contributed by atoms with Gasteiger partial charge in [-0.1, -0.05) is 6.07 Å². The summed E-state index contributed by atoms with van der Waals surface area (Å²) in [6.45, 7) is 5.90. The summed E-state index contributed by atoms with van der Waals surface area (Å²) in [7, 11) is 0. The first-order valence-corrected chi connectivity index (χ1v) is 8.71.